The quantitative estimate of drug-likeness (QED) is 0.168. The first-order valence-corrected chi connectivity index (χ1v) is 20.1. The molecule has 0 bridgehead atoms. The normalized spacial score (nSPS) is 12.1. The second-order valence-electron chi connectivity index (χ2n) is 15.7. The van der Waals surface area contributed by atoms with Gasteiger partial charge >= 0.3 is 0 Å². The van der Waals surface area contributed by atoms with Crippen molar-refractivity contribution in [1.29, 1.82) is 0 Å². The first-order chi connectivity index (χ1) is 29.2. The van der Waals surface area contributed by atoms with Gasteiger partial charge in [0, 0.05) is 27.5 Å². The predicted molar refractivity (Wildman–Crippen MR) is 247 cm³/mol. The number of nitrogens with zero attached hydrogens (tertiary/aromatic N) is 2. The molecular formula is C56H32N2O. The lowest BCUT2D eigenvalue weighted by Crippen LogP contribution is -1.96. The van der Waals surface area contributed by atoms with Gasteiger partial charge in [-0.2, -0.15) is 0 Å². The number of hydrogen-bond donors (Lipinski definition) is 0. The van der Waals surface area contributed by atoms with Gasteiger partial charge < -0.3 is 4.42 Å². The molecule has 0 saturated heterocycles. The summed E-state index contributed by atoms with van der Waals surface area (Å²) in [5.74, 6) is 0.671. The molecular weight excluding hydrogens is 717 g/mol. The van der Waals surface area contributed by atoms with Crippen LogP contribution in [0.5, 0.6) is 0 Å². The van der Waals surface area contributed by atoms with Gasteiger partial charge in [-0.3, -0.25) is 0 Å². The Balaban J connectivity index is 1.06. The van der Waals surface area contributed by atoms with Gasteiger partial charge in [0.15, 0.2) is 5.82 Å². The van der Waals surface area contributed by atoms with E-state index in [-0.39, 0.29) is 0 Å². The zero-order valence-electron chi connectivity index (χ0n) is 31.8. The third-order valence-electron chi connectivity index (χ3n) is 12.4. The highest BCUT2D eigenvalue weighted by Crippen LogP contribution is 2.45. The van der Waals surface area contributed by atoms with Gasteiger partial charge in [-0.25, -0.2) is 9.97 Å². The molecule has 0 radical (unpaired) electrons. The van der Waals surface area contributed by atoms with E-state index in [0.717, 1.165) is 61.1 Å². The number of para-hydroxylation sites is 2. The van der Waals surface area contributed by atoms with Crippen molar-refractivity contribution in [3.8, 4) is 45.0 Å². The first kappa shape index (κ1) is 32.2. The van der Waals surface area contributed by atoms with Crippen molar-refractivity contribution in [2.24, 2.45) is 0 Å². The van der Waals surface area contributed by atoms with Crippen LogP contribution in [0.3, 0.4) is 0 Å². The van der Waals surface area contributed by atoms with Gasteiger partial charge in [0.2, 0.25) is 0 Å². The first-order valence-electron chi connectivity index (χ1n) is 20.1. The van der Waals surface area contributed by atoms with E-state index >= 15 is 0 Å². The molecule has 0 saturated carbocycles. The zero-order chi connectivity index (χ0) is 38.6. The Kier molecular flexibility index (Phi) is 6.72. The lowest BCUT2D eigenvalue weighted by atomic mass is 9.86. The predicted octanol–water partition coefficient (Wildman–Crippen LogP) is 15.4. The Bertz CT molecular complexity index is 3840. The maximum atomic E-state index is 6.51. The molecule has 0 N–H and O–H groups in total. The fourth-order valence-electron chi connectivity index (χ4n) is 9.71. The summed E-state index contributed by atoms with van der Waals surface area (Å²) >= 11 is 0. The number of rotatable bonds is 4. The largest absolute Gasteiger partial charge is 0.455 e. The van der Waals surface area contributed by atoms with Crippen LogP contribution in [0, 0.1) is 0 Å². The summed E-state index contributed by atoms with van der Waals surface area (Å²) in [6, 6.07) is 69.9. The molecule has 0 unspecified atom stereocenters. The van der Waals surface area contributed by atoms with Gasteiger partial charge in [0.25, 0.3) is 0 Å². The molecule has 0 atom stereocenters. The molecule has 3 nitrogen and oxygen atoms in total. The van der Waals surface area contributed by atoms with E-state index in [1.54, 1.807) is 0 Å². The highest BCUT2D eigenvalue weighted by atomic mass is 16.3. The Morgan fingerprint density at radius 3 is 1.59 bits per heavy atom. The summed E-state index contributed by atoms with van der Waals surface area (Å²) in [5.41, 5.74) is 8.56. The van der Waals surface area contributed by atoms with Crippen LogP contribution in [-0.2, 0) is 0 Å². The molecule has 0 aliphatic carbocycles. The van der Waals surface area contributed by atoms with Gasteiger partial charge in [0.1, 0.15) is 11.2 Å². The fourth-order valence-corrected chi connectivity index (χ4v) is 9.71. The molecule has 0 aliphatic rings. The van der Waals surface area contributed by atoms with Crippen molar-refractivity contribution in [3.63, 3.8) is 0 Å². The number of benzene rings is 10. The Morgan fingerprint density at radius 2 is 0.847 bits per heavy atom. The number of hydrogen-bond acceptors (Lipinski definition) is 3. The lowest BCUT2D eigenvalue weighted by molar-refractivity contribution is 0.670. The molecule has 13 aromatic rings. The third kappa shape index (κ3) is 4.82. The minimum atomic E-state index is 0.671. The van der Waals surface area contributed by atoms with Crippen molar-refractivity contribution in [1.82, 2.24) is 9.97 Å². The maximum absolute atomic E-state index is 6.51. The van der Waals surface area contributed by atoms with Crippen molar-refractivity contribution < 1.29 is 4.42 Å². The smallest absolute Gasteiger partial charge is 0.160 e. The van der Waals surface area contributed by atoms with E-state index in [1.165, 1.54) is 64.6 Å². The van der Waals surface area contributed by atoms with Gasteiger partial charge in [0.05, 0.1) is 11.4 Å². The average Bonchev–Trinajstić information content (AvgIpc) is 3.69. The van der Waals surface area contributed by atoms with Gasteiger partial charge in [-0.1, -0.05) is 158 Å². The molecule has 2 aromatic heterocycles. The van der Waals surface area contributed by atoms with Crippen LogP contribution >= 0.6 is 0 Å². The van der Waals surface area contributed by atoms with Crippen molar-refractivity contribution in [2.45, 2.75) is 0 Å². The van der Waals surface area contributed by atoms with E-state index in [9.17, 15) is 0 Å². The van der Waals surface area contributed by atoms with Crippen LogP contribution in [0.15, 0.2) is 199 Å². The standard InChI is InChI=1S/C56H32N2O/c1-2-11-36(12-3-1)56-57-48(32-49(58-56)46-23-10-22-45-41-18-4-5-24-50(41)59-55(45)46)38-17-6-16-37(29-38)40-30-39-28-27-35-14-8-20-43-42-19-7-13-33-25-26-34-15-9-21-44(53(34)51(33)42)47(31-40)54(39)52(35)43/h1-32H. The maximum Gasteiger partial charge on any atom is 0.160 e. The van der Waals surface area contributed by atoms with E-state index < -0.39 is 0 Å². The number of aromatic nitrogens is 2. The molecule has 3 heteroatoms. The van der Waals surface area contributed by atoms with E-state index in [1.807, 2.05) is 30.3 Å². The highest BCUT2D eigenvalue weighted by Gasteiger charge is 2.19. The monoisotopic (exact) mass is 748 g/mol. The van der Waals surface area contributed by atoms with Crippen molar-refractivity contribution in [2.75, 3.05) is 0 Å². The summed E-state index contributed by atoms with van der Waals surface area (Å²) in [6.07, 6.45) is 0. The molecule has 11 aromatic carbocycles. The van der Waals surface area contributed by atoms with E-state index in [2.05, 4.69) is 164 Å². The molecule has 0 fully saturated rings. The summed E-state index contributed by atoms with van der Waals surface area (Å²) in [6.45, 7) is 0. The molecule has 0 amide bonds. The number of fused-ring (bicyclic) bond motifs is 5. The van der Waals surface area contributed by atoms with Crippen LogP contribution in [0.4, 0.5) is 0 Å². The van der Waals surface area contributed by atoms with Crippen molar-refractivity contribution >= 4 is 86.6 Å². The van der Waals surface area contributed by atoms with Crippen LogP contribution in [0.1, 0.15) is 0 Å². The summed E-state index contributed by atoms with van der Waals surface area (Å²) in [7, 11) is 0. The second kappa shape index (κ2) is 12.3. The highest BCUT2D eigenvalue weighted by molar-refractivity contribution is 6.37. The molecule has 2 heterocycles. The summed E-state index contributed by atoms with van der Waals surface area (Å²) < 4.78 is 6.51. The van der Waals surface area contributed by atoms with Gasteiger partial charge in [-0.05, 0) is 112 Å². The van der Waals surface area contributed by atoms with Crippen molar-refractivity contribution in [3.05, 3.63) is 194 Å². The Labute approximate surface area is 338 Å². The molecule has 272 valence electrons. The Hall–Kier alpha value is -7.88. The molecule has 13 rings (SSSR count). The third-order valence-corrected chi connectivity index (χ3v) is 12.4. The van der Waals surface area contributed by atoms with E-state index in [0.29, 0.717) is 5.82 Å². The van der Waals surface area contributed by atoms with E-state index in [4.69, 9.17) is 14.4 Å². The molecule has 0 aliphatic heterocycles. The minimum absolute atomic E-state index is 0.671. The van der Waals surface area contributed by atoms with Crippen LogP contribution in [-0.4, -0.2) is 9.97 Å². The minimum Gasteiger partial charge on any atom is -0.455 e. The average molecular weight is 749 g/mol. The lowest BCUT2D eigenvalue weighted by Gasteiger charge is -2.17. The topological polar surface area (TPSA) is 38.9 Å². The van der Waals surface area contributed by atoms with Crippen LogP contribution in [0.2, 0.25) is 0 Å². The molecule has 0 spiro atoms. The number of furan rings is 1. The SMILES string of the molecule is c1ccc(-c2nc(-c3cccc(-c4cc5ccc6cccc7c8cccc9ccc%10cccc(c(c4)c5c67)c%10c98)c3)cc(-c3cccc4c3oc3ccccc34)n2)cc1. The van der Waals surface area contributed by atoms with Gasteiger partial charge in [-0.15, -0.1) is 0 Å². The fraction of sp³-hybridized carbons (Fsp3) is 0. The summed E-state index contributed by atoms with van der Waals surface area (Å²) in [5, 5.41) is 17.5. The van der Waals surface area contributed by atoms with Crippen LogP contribution in [0.25, 0.3) is 132 Å². The molecule has 59 heavy (non-hydrogen) atoms. The summed E-state index contributed by atoms with van der Waals surface area (Å²) in [4.78, 5) is 10.4. The Morgan fingerprint density at radius 1 is 0.305 bits per heavy atom. The second-order valence-corrected chi connectivity index (χ2v) is 15.7. The van der Waals surface area contributed by atoms with Crippen LogP contribution < -0.4 is 0 Å². The zero-order valence-corrected chi connectivity index (χ0v) is 31.8.